The van der Waals surface area contributed by atoms with Crippen molar-refractivity contribution in [1.29, 1.82) is 0 Å². The van der Waals surface area contributed by atoms with E-state index < -0.39 is 5.97 Å². The second-order valence-electron chi connectivity index (χ2n) is 6.73. The van der Waals surface area contributed by atoms with Crippen LogP contribution in [0.4, 0.5) is 0 Å². The topological polar surface area (TPSA) is 52.3 Å². The van der Waals surface area contributed by atoms with Gasteiger partial charge in [0.05, 0.1) is 0 Å². The van der Waals surface area contributed by atoms with Crippen molar-refractivity contribution in [3.05, 3.63) is 109 Å². The van der Waals surface area contributed by atoms with Crippen molar-refractivity contribution in [2.45, 2.75) is 13.3 Å². The maximum atomic E-state index is 12.0. The van der Waals surface area contributed by atoms with Crippen molar-refractivity contribution >= 4 is 28.2 Å². The maximum absolute atomic E-state index is 12.0. The van der Waals surface area contributed by atoms with Gasteiger partial charge in [0.25, 0.3) is 0 Å². The molecule has 0 saturated carbocycles. The molecule has 1 aromatic heterocycles. The Hall–Kier alpha value is -3.92. The fourth-order valence-electron chi connectivity index (χ4n) is 3.58. The molecule has 4 rings (SSSR count). The smallest absolute Gasteiger partial charge is 0.335 e. The molecule has 4 aromatic rings. The molecule has 0 atom stereocenters. The third kappa shape index (κ3) is 3.80. The van der Waals surface area contributed by atoms with Crippen molar-refractivity contribution in [3.8, 4) is 5.75 Å². The molecule has 4 nitrogen and oxygen atoms in total. The molecular formula is C26H21NO3. The van der Waals surface area contributed by atoms with E-state index in [1.807, 2.05) is 54.6 Å². The molecular weight excluding hydrogens is 374 g/mol. The highest BCUT2D eigenvalue weighted by atomic mass is 16.5. The Balaban J connectivity index is 2.01. The van der Waals surface area contributed by atoms with Crippen molar-refractivity contribution < 1.29 is 13.9 Å². The Morgan fingerprint density at radius 3 is 2.57 bits per heavy atom. The number of carbonyl (C=O) groups is 1. The van der Waals surface area contributed by atoms with Crippen molar-refractivity contribution in [2.75, 3.05) is 0 Å². The van der Waals surface area contributed by atoms with Crippen molar-refractivity contribution in [3.63, 3.8) is 0 Å². The van der Waals surface area contributed by atoms with Crippen LogP contribution in [0.1, 0.15) is 30.0 Å². The molecule has 0 bridgehead atoms. The van der Waals surface area contributed by atoms with Crippen LogP contribution in [0.5, 0.6) is 5.75 Å². The van der Waals surface area contributed by atoms with Gasteiger partial charge in [-0.15, -0.1) is 0 Å². The number of rotatable bonds is 6. The minimum Gasteiger partial charge on any atom is -0.443 e. The number of nitrogens with zero attached hydrogens (tertiary/aromatic N) is 1. The summed E-state index contributed by atoms with van der Waals surface area (Å²) in [6.07, 6.45) is 3.40. The summed E-state index contributed by atoms with van der Waals surface area (Å²) in [6.45, 7) is 5.63. The van der Waals surface area contributed by atoms with Gasteiger partial charge in [-0.05, 0) is 46.9 Å². The van der Waals surface area contributed by atoms with E-state index in [0.717, 1.165) is 45.4 Å². The first-order chi connectivity index (χ1) is 14.7. The molecule has 0 N–H and O–H groups in total. The highest BCUT2D eigenvalue weighted by molar-refractivity contribution is 6.01. The number of para-hydroxylation sites is 1. The van der Waals surface area contributed by atoms with Crippen molar-refractivity contribution in [1.82, 2.24) is 4.98 Å². The predicted molar refractivity (Wildman–Crippen MR) is 119 cm³/mol. The third-order valence-electron chi connectivity index (χ3n) is 4.93. The lowest BCUT2D eigenvalue weighted by atomic mass is 9.87. The first-order valence-electron chi connectivity index (χ1n) is 9.77. The van der Waals surface area contributed by atoms with Crippen LogP contribution in [0, 0.1) is 0 Å². The number of allylic oxidation sites excluding steroid dienone is 1. The number of aromatic nitrogens is 1. The number of hydrogen-bond acceptors (Lipinski definition) is 4. The molecule has 148 valence electrons. The van der Waals surface area contributed by atoms with Gasteiger partial charge in [-0.3, -0.25) is 0 Å². The molecule has 0 amide bonds. The summed E-state index contributed by atoms with van der Waals surface area (Å²) in [6, 6.07) is 23.7. The minimum atomic E-state index is -0.494. The highest BCUT2D eigenvalue weighted by Crippen LogP contribution is 2.39. The number of carbonyl (C=O) groups excluding carboxylic acids is 1. The number of oxazole rings is 1. The van der Waals surface area contributed by atoms with Gasteiger partial charge in [0.1, 0.15) is 11.3 Å². The quantitative estimate of drug-likeness (QED) is 0.167. The Kier molecular flexibility index (Phi) is 5.57. The predicted octanol–water partition coefficient (Wildman–Crippen LogP) is 6.29. The molecule has 0 aliphatic carbocycles. The number of ether oxygens (including phenoxy) is 1. The summed E-state index contributed by atoms with van der Waals surface area (Å²) in [5.74, 6) is -0.00829. The second kappa shape index (κ2) is 8.62. The summed E-state index contributed by atoms with van der Waals surface area (Å²) in [5, 5.41) is 0. The van der Waals surface area contributed by atoms with Crippen LogP contribution in [-0.4, -0.2) is 11.0 Å². The molecule has 0 spiro atoms. The first-order valence-corrected chi connectivity index (χ1v) is 9.77. The lowest BCUT2D eigenvalue weighted by molar-refractivity contribution is -0.128. The minimum absolute atomic E-state index is 0.486. The molecule has 0 aliphatic rings. The van der Waals surface area contributed by atoms with Gasteiger partial charge in [0.2, 0.25) is 0 Å². The lowest BCUT2D eigenvalue weighted by Gasteiger charge is -2.18. The summed E-state index contributed by atoms with van der Waals surface area (Å²) in [5.41, 5.74) is 6.54. The zero-order chi connectivity index (χ0) is 20.9. The summed E-state index contributed by atoms with van der Waals surface area (Å²) >= 11 is 0. The van der Waals surface area contributed by atoms with Gasteiger partial charge in [0, 0.05) is 11.6 Å². The monoisotopic (exact) mass is 395 g/mol. The first kappa shape index (κ1) is 19.4. The van der Waals surface area contributed by atoms with Gasteiger partial charge in [-0.1, -0.05) is 68.1 Å². The van der Waals surface area contributed by atoms with E-state index in [-0.39, 0.29) is 0 Å². The van der Waals surface area contributed by atoms with Gasteiger partial charge < -0.3 is 9.15 Å². The molecule has 3 aromatic carbocycles. The molecule has 1 heterocycles. The van der Waals surface area contributed by atoms with E-state index in [0.29, 0.717) is 5.75 Å². The van der Waals surface area contributed by atoms with Crippen LogP contribution in [0.2, 0.25) is 0 Å². The summed E-state index contributed by atoms with van der Waals surface area (Å²) < 4.78 is 11.0. The van der Waals surface area contributed by atoms with E-state index in [9.17, 15) is 4.79 Å². The second-order valence-corrected chi connectivity index (χ2v) is 6.73. The average Bonchev–Trinajstić information content (AvgIpc) is 3.26. The van der Waals surface area contributed by atoms with Gasteiger partial charge >= 0.3 is 5.97 Å². The van der Waals surface area contributed by atoms with Gasteiger partial charge in [-0.2, -0.15) is 0 Å². The van der Waals surface area contributed by atoms with E-state index in [2.05, 4.69) is 30.6 Å². The SMILES string of the molecule is C=CC(=O)Oc1ccccc1/C(=C(\CC)c1ccccc1)c1ccc2ocnc2c1. The molecule has 4 heteroatoms. The van der Waals surface area contributed by atoms with Crippen molar-refractivity contribution in [2.24, 2.45) is 0 Å². The fraction of sp³-hybridized carbons (Fsp3) is 0.0769. The van der Waals surface area contributed by atoms with E-state index in [4.69, 9.17) is 9.15 Å². The molecule has 0 unspecified atom stereocenters. The van der Waals surface area contributed by atoms with Crippen LogP contribution in [-0.2, 0) is 4.79 Å². The number of hydrogen-bond donors (Lipinski definition) is 0. The van der Waals surface area contributed by atoms with Crippen LogP contribution in [0.3, 0.4) is 0 Å². The van der Waals surface area contributed by atoms with E-state index >= 15 is 0 Å². The standard InChI is InChI=1S/C26H21NO3/c1-3-20(18-10-6-5-7-11-18)26(19-14-15-24-22(16-19)27-17-29-24)21-12-8-9-13-23(21)30-25(28)4-2/h4-17H,2-3H2,1H3/b26-20+. The molecule has 0 fully saturated rings. The summed E-state index contributed by atoms with van der Waals surface area (Å²) in [7, 11) is 0. The maximum Gasteiger partial charge on any atom is 0.335 e. The van der Waals surface area contributed by atoms with E-state index in [1.54, 1.807) is 6.07 Å². The van der Waals surface area contributed by atoms with Gasteiger partial charge in [-0.25, -0.2) is 9.78 Å². The Labute approximate surface area is 175 Å². The van der Waals surface area contributed by atoms with Crippen LogP contribution in [0.25, 0.3) is 22.2 Å². The molecule has 0 radical (unpaired) electrons. The Morgan fingerprint density at radius 1 is 1.03 bits per heavy atom. The number of benzene rings is 3. The normalized spacial score (nSPS) is 11.8. The molecule has 0 aliphatic heterocycles. The lowest BCUT2D eigenvalue weighted by Crippen LogP contribution is -2.06. The average molecular weight is 395 g/mol. The molecule has 0 saturated heterocycles. The van der Waals surface area contributed by atoms with Crippen LogP contribution >= 0.6 is 0 Å². The molecule has 30 heavy (non-hydrogen) atoms. The number of fused-ring (bicyclic) bond motifs is 1. The fourth-order valence-corrected chi connectivity index (χ4v) is 3.58. The van der Waals surface area contributed by atoms with E-state index in [1.165, 1.54) is 12.5 Å². The highest BCUT2D eigenvalue weighted by Gasteiger charge is 2.18. The third-order valence-corrected chi connectivity index (χ3v) is 4.93. The Morgan fingerprint density at radius 2 is 1.80 bits per heavy atom. The van der Waals surface area contributed by atoms with Crippen LogP contribution < -0.4 is 4.74 Å². The summed E-state index contributed by atoms with van der Waals surface area (Å²) in [4.78, 5) is 16.3. The number of esters is 1. The zero-order valence-electron chi connectivity index (χ0n) is 16.7. The van der Waals surface area contributed by atoms with Crippen LogP contribution in [0.15, 0.2) is 96.3 Å². The Bertz CT molecular complexity index is 1240. The largest absolute Gasteiger partial charge is 0.443 e. The zero-order valence-corrected chi connectivity index (χ0v) is 16.7. The van der Waals surface area contributed by atoms with Gasteiger partial charge in [0.15, 0.2) is 12.0 Å².